The lowest BCUT2D eigenvalue weighted by Gasteiger charge is -2.39. The maximum Gasteiger partial charge on any atom is 0.194 e. The first kappa shape index (κ1) is 21.5. The average molecular weight is 491 g/mol. The van der Waals surface area contributed by atoms with Gasteiger partial charge in [-0.1, -0.05) is 24.3 Å². The zero-order chi connectivity index (χ0) is 18.2. The summed E-state index contributed by atoms with van der Waals surface area (Å²) in [5.74, 6) is 1.56. The number of benzene rings is 1. The van der Waals surface area contributed by atoms with Gasteiger partial charge in [0.2, 0.25) is 0 Å². The zero-order valence-corrected chi connectivity index (χ0v) is 19.2. The lowest BCUT2D eigenvalue weighted by atomic mass is 10.0. The number of halogens is 1. The van der Waals surface area contributed by atoms with Crippen LogP contribution >= 0.6 is 24.0 Å². The summed E-state index contributed by atoms with van der Waals surface area (Å²) in [6.45, 7) is 9.48. The summed E-state index contributed by atoms with van der Waals surface area (Å²) in [4.78, 5) is 6.74. The maximum atomic E-state index is 12.3. The largest absolute Gasteiger partial charge is 0.353 e. The Morgan fingerprint density at radius 3 is 2.65 bits per heavy atom. The van der Waals surface area contributed by atoms with E-state index in [2.05, 4.69) is 46.4 Å². The standard InChI is InChI=1S/C19H29N3O2S.HI/c1-5-20-18(22-10-11-25(23,24)19(3,4)13-22)21-17-12-16(17)15-9-7-6-8-14(15)2;/h6-9,16-17H,5,10-13H2,1-4H3,(H,20,21);1H. The van der Waals surface area contributed by atoms with Gasteiger partial charge < -0.3 is 10.2 Å². The third-order valence-corrected chi connectivity index (χ3v) is 7.88. The van der Waals surface area contributed by atoms with Gasteiger partial charge in [0.05, 0.1) is 10.5 Å². The lowest BCUT2D eigenvalue weighted by Crippen LogP contribution is -2.57. The third kappa shape index (κ3) is 4.35. The van der Waals surface area contributed by atoms with Crippen LogP contribution in [0.5, 0.6) is 0 Å². The Balaban J connectivity index is 0.00000243. The van der Waals surface area contributed by atoms with Gasteiger partial charge in [0.15, 0.2) is 15.8 Å². The minimum absolute atomic E-state index is 0. The average Bonchev–Trinajstić information content (AvgIpc) is 3.29. The van der Waals surface area contributed by atoms with Gasteiger partial charge in [-0.25, -0.2) is 8.42 Å². The van der Waals surface area contributed by atoms with Gasteiger partial charge in [0.25, 0.3) is 0 Å². The first-order valence-corrected chi connectivity index (χ1v) is 10.7. The molecule has 1 heterocycles. The van der Waals surface area contributed by atoms with E-state index < -0.39 is 14.6 Å². The molecule has 0 amide bonds. The SMILES string of the molecule is CCN=C(NC1CC1c1ccccc1C)N1CCS(=O)(=O)C(C)(C)C1.I. The van der Waals surface area contributed by atoms with Crippen LogP contribution in [0.15, 0.2) is 29.3 Å². The van der Waals surface area contributed by atoms with Gasteiger partial charge in [-0.2, -0.15) is 0 Å². The highest BCUT2D eigenvalue weighted by Crippen LogP contribution is 2.42. The molecule has 7 heteroatoms. The van der Waals surface area contributed by atoms with E-state index in [0.717, 1.165) is 12.4 Å². The number of hydrogen-bond acceptors (Lipinski definition) is 3. The van der Waals surface area contributed by atoms with E-state index in [1.54, 1.807) is 0 Å². The van der Waals surface area contributed by atoms with Crippen LogP contribution in [0.3, 0.4) is 0 Å². The Morgan fingerprint density at radius 1 is 1.35 bits per heavy atom. The highest BCUT2D eigenvalue weighted by atomic mass is 127. The topological polar surface area (TPSA) is 61.8 Å². The molecule has 1 aromatic carbocycles. The Kier molecular flexibility index (Phi) is 6.64. The first-order valence-electron chi connectivity index (χ1n) is 9.09. The highest BCUT2D eigenvalue weighted by molar-refractivity contribution is 14.0. The van der Waals surface area contributed by atoms with Crippen molar-refractivity contribution in [2.24, 2.45) is 4.99 Å². The normalized spacial score (nSPS) is 26.8. The van der Waals surface area contributed by atoms with Crippen molar-refractivity contribution in [2.75, 3.05) is 25.4 Å². The van der Waals surface area contributed by atoms with E-state index in [1.807, 2.05) is 20.8 Å². The van der Waals surface area contributed by atoms with Crippen LogP contribution in [0.2, 0.25) is 0 Å². The second-order valence-electron chi connectivity index (χ2n) is 7.75. The van der Waals surface area contributed by atoms with E-state index in [0.29, 0.717) is 31.6 Å². The zero-order valence-electron chi connectivity index (χ0n) is 16.0. The van der Waals surface area contributed by atoms with Gasteiger partial charge in [-0.15, -0.1) is 24.0 Å². The molecule has 1 aliphatic carbocycles. The second kappa shape index (κ2) is 8.04. The summed E-state index contributed by atoms with van der Waals surface area (Å²) in [6.07, 6.45) is 1.10. The van der Waals surface area contributed by atoms with Crippen molar-refractivity contribution in [1.82, 2.24) is 10.2 Å². The van der Waals surface area contributed by atoms with Crippen molar-refractivity contribution in [3.05, 3.63) is 35.4 Å². The monoisotopic (exact) mass is 491 g/mol. The predicted octanol–water partition coefficient (Wildman–Crippen LogP) is 2.94. The van der Waals surface area contributed by atoms with Crippen molar-refractivity contribution in [1.29, 1.82) is 0 Å². The van der Waals surface area contributed by atoms with Crippen LogP contribution in [0.25, 0.3) is 0 Å². The first-order chi connectivity index (χ1) is 11.7. The summed E-state index contributed by atoms with van der Waals surface area (Å²) in [5.41, 5.74) is 2.73. The molecule has 3 rings (SSSR count). The number of guanidine groups is 1. The van der Waals surface area contributed by atoms with Crippen LogP contribution in [-0.4, -0.2) is 55.5 Å². The number of rotatable bonds is 3. The Bertz CT molecular complexity index is 777. The number of hydrogen-bond donors (Lipinski definition) is 1. The van der Waals surface area contributed by atoms with Crippen molar-refractivity contribution >= 4 is 39.8 Å². The molecule has 1 saturated heterocycles. The van der Waals surface area contributed by atoms with E-state index in [-0.39, 0.29) is 29.7 Å². The summed E-state index contributed by atoms with van der Waals surface area (Å²) in [7, 11) is -3.04. The smallest absolute Gasteiger partial charge is 0.194 e. The highest BCUT2D eigenvalue weighted by Gasteiger charge is 2.44. The molecule has 1 N–H and O–H groups in total. The van der Waals surface area contributed by atoms with Crippen LogP contribution in [0.1, 0.15) is 44.2 Å². The molecule has 2 unspecified atom stereocenters. The van der Waals surface area contributed by atoms with Gasteiger partial charge in [0, 0.05) is 31.6 Å². The molecule has 5 nitrogen and oxygen atoms in total. The van der Waals surface area contributed by atoms with Crippen LogP contribution in [-0.2, 0) is 9.84 Å². The second-order valence-corrected chi connectivity index (χ2v) is 10.5. The number of nitrogens with zero attached hydrogens (tertiary/aromatic N) is 2. The molecule has 26 heavy (non-hydrogen) atoms. The van der Waals surface area contributed by atoms with E-state index >= 15 is 0 Å². The Labute approximate surface area is 174 Å². The summed E-state index contributed by atoms with van der Waals surface area (Å²) < 4.78 is 23.8. The molecular weight excluding hydrogens is 461 g/mol. The quantitative estimate of drug-likeness (QED) is 0.402. The molecule has 1 aliphatic heterocycles. The molecule has 2 atom stereocenters. The summed E-state index contributed by atoms with van der Waals surface area (Å²) in [6, 6.07) is 8.91. The fourth-order valence-electron chi connectivity index (χ4n) is 3.58. The van der Waals surface area contributed by atoms with Crippen molar-refractivity contribution in [3.8, 4) is 0 Å². The lowest BCUT2D eigenvalue weighted by molar-refractivity contribution is 0.352. The van der Waals surface area contributed by atoms with E-state index in [1.165, 1.54) is 11.1 Å². The molecule has 2 fully saturated rings. The van der Waals surface area contributed by atoms with Gasteiger partial charge in [-0.3, -0.25) is 4.99 Å². The van der Waals surface area contributed by atoms with E-state index in [4.69, 9.17) is 0 Å². The Morgan fingerprint density at radius 2 is 2.04 bits per heavy atom. The molecule has 0 radical (unpaired) electrons. The minimum Gasteiger partial charge on any atom is -0.353 e. The van der Waals surface area contributed by atoms with E-state index in [9.17, 15) is 8.42 Å². The molecule has 0 bridgehead atoms. The van der Waals surface area contributed by atoms with Gasteiger partial charge >= 0.3 is 0 Å². The van der Waals surface area contributed by atoms with Crippen LogP contribution < -0.4 is 5.32 Å². The van der Waals surface area contributed by atoms with Crippen molar-refractivity contribution < 1.29 is 8.42 Å². The van der Waals surface area contributed by atoms with Gasteiger partial charge in [0.1, 0.15) is 0 Å². The summed E-state index contributed by atoms with van der Waals surface area (Å²) >= 11 is 0. The minimum atomic E-state index is -3.04. The van der Waals surface area contributed by atoms with Crippen LogP contribution in [0, 0.1) is 6.92 Å². The maximum absolute atomic E-state index is 12.3. The van der Waals surface area contributed by atoms with Crippen molar-refractivity contribution in [3.63, 3.8) is 0 Å². The molecule has 0 spiro atoms. The third-order valence-electron chi connectivity index (χ3n) is 5.34. The molecule has 146 valence electrons. The molecule has 1 saturated carbocycles. The fraction of sp³-hybridized carbons (Fsp3) is 0.632. The van der Waals surface area contributed by atoms with Gasteiger partial charge in [-0.05, 0) is 45.2 Å². The molecule has 1 aromatic rings. The Hall–Kier alpha value is -0.830. The number of aryl methyl sites for hydroxylation is 1. The predicted molar refractivity (Wildman–Crippen MR) is 118 cm³/mol. The number of aliphatic imine (C=N–C) groups is 1. The summed E-state index contributed by atoms with van der Waals surface area (Å²) in [5, 5.41) is 3.58. The van der Waals surface area contributed by atoms with Crippen LogP contribution in [0.4, 0.5) is 0 Å². The molecule has 0 aromatic heterocycles. The number of sulfone groups is 1. The number of nitrogens with one attached hydrogen (secondary N) is 1. The van der Waals surface area contributed by atoms with Crippen molar-refractivity contribution in [2.45, 2.75) is 50.8 Å². The molecular formula is C19H30IN3O2S. The fourth-order valence-corrected chi connectivity index (χ4v) is 4.94. The molecule has 2 aliphatic rings.